The van der Waals surface area contributed by atoms with Gasteiger partial charge in [0.05, 0.1) is 16.4 Å². The van der Waals surface area contributed by atoms with E-state index in [4.69, 9.17) is 4.74 Å². The molecule has 5 aliphatic rings. The highest BCUT2D eigenvalue weighted by atomic mass is 16.5. The number of benzene rings is 6. The number of allylic oxidation sites excluding steroid dienone is 8. The number of nitrogens with zero attached hydrogens (tertiary/aromatic N) is 2. The third-order valence-electron chi connectivity index (χ3n) is 13.3. The summed E-state index contributed by atoms with van der Waals surface area (Å²) < 4.78 is 9.13. The van der Waals surface area contributed by atoms with E-state index in [-0.39, 0.29) is 17.4 Å². The van der Waals surface area contributed by atoms with E-state index in [0.29, 0.717) is 0 Å². The number of anilines is 2. The lowest BCUT2D eigenvalue weighted by Crippen LogP contribution is -2.35. The summed E-state index contributed by atoms with van der Waals surface area (Å²) in [6.07, 6.45) is 22.2. The summed E-state index contributed by atoms with van der Waals surface area (Å²) in [7, 11) is 0. The van der Waals surface area contributed by atoms with Crippen LogP contribution in [0.15, 0.2) is 217 Å². The van der Waals surface area contributed by atoms with Crippen molar-refractivity contribution in [3.8, 4) is 16.8 Å². The normalized spacial score (nSPS) is 21.3. The molecule has 0 amide bonds. The molecule has 0 saturated heterocycles. The zero-order valence-corrected chi connectivity index (χ0v) is 32.3. The van der Waals surface area contributed by atoms with Crippen molar-refractivity contribution in [2.45, 2.75) is 37.2 Å². The summed E-state index contributed by atoms with van der Waals surface area (Å²) >= 11 is 0. The third kappa shape index (κ3) is 4.86. The van der Waals surface area contributed by atoms with E-state index in [1.54, 1.807) is 0 Å². The average Bonchev–Trinajstić information content (AvgIpc) is 3.93. The van der Waals surface area contributed by atoms with Crippen molar-refractivity contribution >= 4 is 33.2 Å². The van der Waals surface area contributed by atoms with Crippen LogP contribution in [0.25, 0.3) is 38.6 Å². The molecule has 278 valence electrons. The lowest BCUT2D eigenvalue weighted by Gasteiger charge is -2.40. The first-order valence-corrected chi connectivity index (χ1v) is 20.8. The van der Waals surface area contributed by atoms with Gasteiger partial charge in [0.25, 0.3) is 0 Å². The fraction of sp³-hybridized carbons (Fsp3) is 0.127. The van der Waals surface area contributed by atoms with Crippen molar-refractivity contribution in [2.75, 3.05) is 4.90 Å². The number of hydrogen-bond donors (Lipinski definition) is 0. The predicted molar refractivity (Wildman–Crippen MR) is 239 cm³/mol. The molecule has 1 aromatic heterocycles. The summed E-state index contributed by atoms with van der Waals surface area (Å²) in [6.45, 7) is 0. The van der Waals surface area contributed by atoms with Gasteiger partial charge < -0.3 is 14.2 Å². The van der Waals surface area contributed by atoms with Gasteiger partial charge >= 0.3 is 0 Å². The molecular weight excluding hydrogens is 705 g/mol. The maximum Gasteiger partial charge on any atom is 0.130 e. The minimum Gasteiger partial charge on any atom is -0.485 e. The molecule has 0 saturated carbocycles. The van der Waals surface area contributed by atoms with Crippen LogP contribution in [0.3, 0.4) is 0 Å². The Labute approximate surface area is 339 Å². The van der Waals surface area contributed by atoms with Gasteiger partial charge in [0.15, 0.2) is 0 Å². The monoisotopic (exact) mass is 746 g/mol. The van der Waals surface area contributed by atoms with Crippen molar-refractivity contribution in [2.24, 2.45) is 5.92 Å². The van der Waals surface area contributed by atoms with Gasteiger partial charge in [-0.15, -0.1) is 0 Å². The van der Waals surface area contributed by atoms with Crippen LogP contribution in [-0.4, -0.2) is 10.7 Å². The third-order valence-corrected chi connectivity index (χ3v) is 13.3. The van der Waals surface area contributed by atoms with E-state index in [2.05, 4.69) is 204 Å². The van der Waals surface area contributed by atoms with Crippen LogP contribution in [0.4, 0.5) is 11.4 Å². The van der Waals surface area contributed by atoms with E-state index in [9.17, 15) is 0 Å². The summed E-state index contributed by atoms with van der Waals surface area (Å²) in [5.41, 5.74) is 16.2. The first-order chi connectivity index (χ1) is 28.8. The molecule has 3 unspecified atom stereocenters. The van der Waals surface area contributed by atoms with Gasteiger partial charge in [0.2, 0.25) is 0 Å². The Morgan fingerprint density at radius 3 is 2.28 bits per heavy atom. The smallest absolute Gasteiger partial charge is 0.130 e. The highest BCUT2D eigenvalue weighted by molar-refractivity contribution is 6.10. The maximum absolute atomic E-state index is 6.73. The highest BCUT2D eigenvalue weighted by Crippen LogP contribution is 2.59. The van der Waals surface area contributed by atoms with Crippen molar-refractivity contribution in [1.29, 1.82) is 0 Å². The van der Waals surface area contributed by atoms with Gasteiger partial charge in [-0.05, 0) is 119 Å². The summed E-state index contributed by atoms with van der Waals surface area (Å²) in [6, 6.07) is 54.2. The van der Waals surface area contributed by atoms with Crippen molar-refractivity contribution < 1.29 is 4.74 Å². The second-order valence-electron chi connectivity index (χ2n) is 16.2. The van der Waals surface area contributed by atoms with Gasteiger partial charge in [0, 0.05) is 45.5 Å². The minimum absolute atomic E-state index is 0.000213. The van der Waals surface area contributed by atoms with Gasteiger partial charge in [-0.2, -0.15) is 0 Å². The van der Waals surface area contributed by atoms with Crippen LogP contribution in [0, 0.1) is 5.92 Å². The van der Waals surface area contributed by atoms with Crippen LogP contribution in [0.5, 0.6) is 0 Å². The standard InChI is InChI=1S/C55H42N2O/c1-4-16-37(17-5-1)55(38-18-6-2-7-19-38)49-25-13-10-22-43(49)44-31-28-41(35-50(44)55)56(42-29-32-47-46-24-12-15-27-53(46)58-54(47)36-42)40-30-33-52-48(34-40)45-23-11-14-26-51(45)57(52)39-20-8-3-9-21-39/h1-11,13-18,20-23,25-35,38,54H,12,19,24,36H2. The quantitative estimate of drug-likeness (QED) is 0.169. The average molecular weight is 747 g/mol. The lowest BCUT2D eigenvalue weighted by molar-refractivity contribution is 0.174. The number of ether oxygens (including phenoxy) is 1. The van der Waals surface area contributed by atoms with E-state index in [0.717, 1.165) is 48.5 Å². The number of rotatable bonds is 6. The zero-order chi connectivity index (χ0) is 38.2. The fourth-order valence-corrected chi connectivity index (χ4v) is 10.8. The Hall–Kier alpha value is -6.84. The molecule has 0 fully saturated rings. The molecule has 0 N–H and O–H groups in total. The van der Waals surface area contributed by atoms with Crippen molar-refractivity contribution in [3.63, 3.8) is 0 Å². The number of hydrogen-bond acceptors (Lipinski definition) is 2. The van der Waals surface area contributed by atoms with Crippen LogP contribution in [0.2, 0.25) is 0 Å². The van der Waals surface area contributed by atoms with E-state index < -0.39 is 0 Å². The highest BCUT2D eigenvalue weighted by Gasteiger charge is 2.49. The molecule has 1 aliphatic heterocycles. The summed E-state index contributed by atoms with van der Waals surface area (Å²) in [4.78, 5) is 2.52. The summed E-state index contributed by atoms with van der Waals surface area (Å²) in [5.74, 6) is 1.31. The zero-order valence-electron chi connectivity index (χ0n) is 32.3. The molecule has 0 spiro atoms. The SMILES string of the molecule is C1=CCC(C2(c3ccccc3)c3ccccc3-c3ccc(N(C4=CC=C5C6=C(C=CCC6)OC5C4)c4ccc5c(c4)c4ccccc4n5-c4ccccc4)cc32)C=C1. The fourth-order valence-electron chi connectivity index (χ4n) is 10.8. The molecule has 3 nitrogen and oxygen atoms in total. The molecule has 58 heavy (non-hydrogen) atoms. The van der Waals surface area contributed by atoms with Crippen LogP contribution in [-0.2, 0) is 10.2 Å². The molecule has 3 heteroatoms. The largest absolute Gasteiger partial charge is 0.485 e. The first kappa shape index (κ1) is 33.3. The van der Waals surface area contributed by atoms with Crippen molar-refractivity contribution in [1.82, 2.24) is 4.57 Å². The molecule has 7 aromatic rings. The molecule has 4 aliphatic carbocycles. The second-order valence-corrected chi connectivity index (χ2v) is 16.2. The molecule has 2 heterocycles. The lowest BCUT2D eigenvalue weighted by atomic mass is 9.62. The van der Waals surface area contributed by atoms with E-state index >= 15 is 0 Å². The topological polar surface area (TPSA) is 17.4 Å². The Kier molecular flexibility index (Phi) is 7.53. The number of fused-ring (bicyclic) bond motifs is 8. The molecule has 0 bridgehead atoms. The van der Waals surface area contributed by atoms with Gasteiger partial charge in [0.1, 0.15) is 11.9 Å². The molecule has 12 rings (SSSR count). The van der Waals surface area contributed by atoms with E-state index in [1.807, 2.05) is 0 Å². The Balaban J connectivity index is 1.09. The van der Waals surface area contributed by atoms with Crippen molar-refractivity contribution in [3.05, 3.63) is 233 Å². The van der Waals surface area contributed by atoms with Crippen LogP contribution >= 0.6 is 0 Å². The number of para-hydroxylation sites is 2. The molecule has 0 radical (unpaired) electrons. The van der Waals surface area contributed by atoms with Gasteiger partial charge in [-0.25, -0.2) is 0 Å². The van der Waals surface area contributed by atoms with Crippen LogP contribution < -0.4 is 4.90 Å². The molecule has 6 aromatic carbocycles. The Morgan fingerprint density at radius 2 is 1.40 bits per heavy atom. The Morgan fingerprint density at radius 1 is 0.638 bits per heavy atom. The molecule has 3 atom stereocenters. The van der Waals surface area contributed by atoms with Gasteiger partial charge in [-0.1, -0.05) is 134 Å². The van der Waals surface area contributed by atoms with Gasteiger partial charge in [-0.3, -0.25) is 0 Å². The first-order valence-electron chi connectivity index (χ1n) is 20.8. The minimum atomic E-state index is -0.360. The molecular formula is C55H42N2O. The maximum atomic E-state index is 6.73. The summed E-state index contributed by atoms with van der Waals surface area (Å²) in [5, 5.41) is 2.48. The predicted octanol–water partition coefficient (Wildman–Crippen LogP) is 13.6. The van der Waals surface area contributed by atoms with Crippen LogP contribution in [0.1, 0.15) is 42.4 Å². The van der Waals surface area contributed by atoms with E-state index in [1.165, 1.54) is 66.5 Å². The number of aromatic nitrogens is 1. The Bertz CT molecular complexity index is 2990. The second kappa shape index (κ2) is 13.1.